The summed E-state index contributed by atoms with van der Waals surface area (Å²) in [7, 11) is 0. The molecule has 0 radical (unpaired) electrons. The molecule has 1 aromatic rings. The zero-order valence-corrected chi connectivity index (χ0v) is 39.3. The molecule has 21 nitrogen and oxygen atoms in total. The first-order valence-electron chi connectivity index (χ1n) is 22.8. The van der Waals surface area contributed by atoms with Crippen LogP contribution in [-0.4, -0.2) is 136 Å². The molecule has 10 atom stereocenters. The third-order valence-corrected chi connectivity index (χ3v) is 11.5. The van der Waals surface area contributed by atoms with Crippen LogP contribution < -0.4 is 48.7 Å². The molecular formula is C44H74N12O9. The third-order valence-electron chi connectivity index (χ3n) is 11.5. The number of aliphatic hydroxyl groups excluding tert-OH is 1. The van der Waals surface area contributed by atoms with Crippen LogP contribution in [0.3, 0.4) is 0 Å². The maximum atomic E-state index is 14.1. The van der Waals surface area contributed by atoms with Gasteiger partial charge in [0.2, 0.25) is 47.3 Å². The minimum absolute atomic E-state index is 0.0882. The summed E-state index contributed by atoms with van der Waals surface area (Å²) in [5, 5.41) is 29.6. The van der Waals surface area contributed by atoms with E-state index in [-0.39, 0.29) is 37.7 Å². The SMILES string of the molecule is CCC[C@H](NC(=O)[C@@H](NC(=O)[C@H](NC(=O)[C@H](Cc1cccnc1)NC(C)=O)[C@@H](C)CC)[C@@H](C)O)C(=O)N[C@H](C(=O)N[C@@H](CCCN=C(N)N)C(=O)N1CCC[C@H]1C(=O)NCC)[C@@H](C)CC. The van der Waals surface area contributed by atoms with Crippen molar-refractivity contribution in [3.05, 3.63) is 30.1 Å². The molecule has 1 fully saturated rings. The molecule has 1 aromatic heterocycles. The number of nitrogens with one attached hydrogen (secondary N) is 7. The highest BCUT2D eigenvalue weighted by Gasteiger charge is 2.40. The minimum atomic E-state index is -1.58. The number of nitrogens with two attached hydrogens (primary N) is 2. The quantitative estimate of drug-likeness (QED) is 0.0289. The number of amides is 8. The number of aliphatic imine (C=N–C) groups is 1. The van der Waals surface area contributed by atoms with Crippen molar-refractivity contribution >= 4 is 53.2 Å². The largest absolute Gasteiger partial charge is 0.391 e. The maximum Gasteiger partial charge on any atom is 0.245 e. The number of aliphatic hydroxyl groups is 1. The van der Waals surface area contributed by atoms with Crippen molar-refractivity contribution in [3.8, 4) is 0 Å². The number of aromatic nitrogens is 1. The first-order valence-corrected chi connectivity index (χ1v) is 22.8. The Morgan fingerprint density at radius 1 is 0.785 bits per heavy atom. The molecule has 8 amide bonds. The molecule has 0 bridgehead atoms. The van der Waals surface area contributed by atoms with Gasteiger partial charge < -0.3 is 58.7 Å². The summed E-state index contributed by atoms with van der Waals surface area (Å²) in [5.74, 6) is -5.95. The van der Waals surface area contributed by atoms with E-state index in [0.29, 0.717) is 57.2 Å². The van der Waals surface area contributed by atoms with E-state index < -0.39 is 102 Å². The van der Waals surface area contributed by atoms with Gasteiger partial charge in [-0.05, 0) is 69.4 Å². The van der Waals surface area contributed by atoms with Crippen LogP contribution in [-0.2, 0) is 44.8 Å². The molecule has 1 aliphatic rings. The monoisotopic (exact) mass is 915 g/mol. The van der Waals surface area contributed by atoms with Gasteiger partial charge in [-0.3, -0.25) is 48.3 Å². The van der Waals surface area contributed by atoms with Crippen LogP contribution in [0, 0.1) is 11.8 Å². The summed E-state index contributed by atoms with van der Waals surface area (Å²) in [5.41, 5.74) is 11.7. The van der Waals surface area contributed by atoms with E-state index in [1.54, 1.807) is 52.2 Å². The van der Waals surface area contributed by atoms with Crippen molar-refractivity contribution < 1.29 is 43.5 Å². The van der Waals surface area contributed by atoms with Gasteiger partial charge in [-0.1, -0.05) is 59.9 Å². The second kappa shape index (κ2) is 28.1. The number of hydrogen-bond acceptors (Lipinski definition) is 11. The molecule has 65 heavy (non-hydrogen) atoms. The van der Waals surface area contributed by atoms with Gasteiger partial charge >= 0.3 is 0 Å². The van der Waals surface area contributed by atoms with Crippen LogP contribution in [0.25, 0.3) is 0 Å². The van der Waals surface area contributed by atoms with Crippen LogP contribution in [0.1, 0.15) is 112 Å². The lowest BCUT2D eigenvalue weighted by Gasteiger charge is -2.32. The molecule has 0 aromatic carbocycles. The van der Waals surface area contributed by atoms with Crippen LogP contribution in [0.4, 0.5) is 0 Å². The van der Waals surface area contributed by atoms with Crippen molar-refractivity contribution in [1.29, 1.82) is 0 Å². The van der Waals surface area contributed by atoms with E-state index in [2.05, 4.69) is 47.2 Å². The smallest absolute Gasteiger partial charge is 0.245 e. The Morgan fingerprint density at radius 3 is 1.88 bits per heavy atom. The molecule has 364 valence electrons. The normalized spacial score (nSPS) is 17.6. The standard InChI is InChI=1S/C44H74N12O9/c1-9-16-30(51-42(64)36(27(7)57)55-41(63)35(26(6)11-3)54-38(60)32(50-28(8)58)23-29-17-13-20-47-24-29)37(59)53-34(25(5)10-2)40(62)52-31(18-14-21-49-44(45)46)43(65)56-22-15-19-33(56)39(61)48-12-4/h13,17,20,24-27,30-36,57H,9-12,14-16,18-19,21-23H2,1-8H3,(H,48,61)(H,50,58)(H,51,64)(H,52,62)(H,53,59)(H,54,60)(H,55,63)(H4,45,46,49)/t25-,26-,27+,30-,31-,32-,33-,34-,35+,36-/m0/s1. The minimum Gasteiger partial charge on any atom is -0.391 e. The highest BCUT2D eigenvalue weighted by atomic mass is 16.3. The van der Waals surface area contributed by atoms with E-state index in [0.717, 1.165) is 0 Å². The number of rotatable bonds is 27. The number of nitrogens with zero attached hydrogens (tertiary/aromatic N) is 3. The summed E-state index contributed by atoms with van der Waals surface area (Å²) in [4.78, 5) is 118. The van der Waals surface area contributed by atoms with E-state index >= 15 is 0 Å². The number of carbonyl (C=O) groups is 8. The molecule has 1 saturated heterocycles. The van der Waals surface area contributed by atoms with Crippen molar-refractivity contribution in [1.82, 2.24) is 47.1 Å². The fourth-order valence-corrected chi connectivity index (χ4v) is 7.41. The summed E-state index contributed by atoms with van der Waals surface area (Å²) in [6.45, 7) is 14.1. The number of hydrogen-bond donors (Lipinski definition) is 10. The maximum absolute atomic E-state index is 14.1. The van der Waals surface area contributed by atoms with E-state index in [9.17, 15) is 43.5 Å². The van der Waals surface area contributed by atoms with Crippen LogP contribution in [0.5, 0.6) is 0 Å². The lowest BCUT2D eigenvalue weighted by molar-refractivity contribution is -0.142. The highest BCUT2D eigenvalue weighted by molar-refractivity contribution is 5.98. The zero-order chi connectivity index (χ0) is 48.8. The van der Waals surface area contributed by atoms with Gasteiger partial charge in [0.05, 0.1) is 6.10 Å². The highest BCUT2D eigenvalue weighted by Crippen LogP contribution is 2.21. The first kappa shape index (κ1) is 55.3. The summed E-state index contributed by atoms with van der Waals surface area (Å²) >= 11 is 0. The fourth-order valence-electron chi connectivity index (χ4n) is 7.41. The Balaban J connectivity index is 2.32. The zero-order valence-electron chi connectivity index (χ0n) is 39.3. The summed E-state index contributed by atoms with van der Waals surface area (Å²) in [6, 6.07) is -4.57. The molecule has 12 N–H and O–H groups in total. The van der Waals surface area contributed by atoms with E-state index in [4.69, 9.17) is 11.5 Å². The van der Waals surface area contributed by atoms with Crippen molar-refractivity contribution in [2.45, 2.75) is 162 Å². The van der Waals surface area contributed by atoms with Crippen molar-refractivity contribution in [2.24, 2.45) is 28.3 Å². The number of pyridine rings is 1. The molecular weight excluding hydrogens is 841 g/mol. The molecule has 0 aliphatic carbocycles. The average molecular weight is 915 g/mol. The van der Waals surface area contributed by atoms with Gasteiger partial charge in [0.1, 0.15) is 42.3 Å². The number of likely N-dealkylation sites (N-methyl/N-ethyl adjacent to an activating group) is 1. The molecule has 2 rings (SSSR count). The fraction of sp³-hybridized carbons (Fsp3) is 0.682. The van der Waals surface area contributed by atoms with Crippen LogP contribution in [0.15, 0.2) is 29.5 Å². The van der Waals surface area contributed by atoms with Gasteiger partial charge in [0.25, 0.3) is 0 Å². The van der Waals surface area contributed by atoms with Crippen LogP contribution in [0.2, 0.25) is 0 Å². The van der Waals surface area contributed by atoms with Crippen LogP contribution >= 0.6 is 0 Å². The lowest BCUT2D eigenvalue weighted by atomic mass is 9.96. The van der Waals surface area contributed by atoms with E-state index in [1.807, 2.05) is 13.8 Å². The second-order valence-electron chi connectivity index (χ2n) is 16.7. The second-order valence-corrected chi connectivity index (χ2v) is 16.7. The number of guanidine groups is 1. The van der Waals surface area contributed by atoms with Gasteiger partial charge in [-0.25, -0.2) is 0 Å². The molecule has 0 saturated carbocycles. The molecule has 2 heterocycles. The summed E-state index contributed by atoms with van der Waals surface area (Å²) in [6.07, 6.45) is 4.66. The Kier molecular flexibility index (Phi) is 23.9. The predicted octanol–water partition coefficient (Wildman–Crippen LogP) is -0.993. The van der Waals surface area contributed by atoms with Gasteiger partial charge in [-0.2, -0.15) is 0 Å². The van der Waals surface area contributed by atoms with Crippen molar-refractivity contribution in [3.63, 3.8) is 0 Å². The van der Waals surface area contributed by atoms with Gasteiger partial charge in [0, 0.05) is 45.4 Å². The molecule has 0 unspecified atom stereocenters. The van der Waals surface area contributed by atoms with Crippen molar-refractivity contribution in [2.75, 3.05) is 19.6 Å². The lowest BCUT2D eigenvalue weighted by Crippen LogP contribution is -2.62. The number of likely N-dealkylation sites (tertiary alicyclic amines) is 1. The Hall–Kier alpha value is -5.86. The van der Waals surface area contributed by atoms with Gasteiger partial charge in [0.15, 0.2) is 5.96 Å². The number of carbonyl (C=O) groups excluding carboxylic acids is 8. The first-order chi connectivity index (χ1) is 30.8. The molecule has 0 spiro atoms. The predicted molar refractivity (Wildman–Crippen MR) is 244 cm³/mol. The summed E-state index contributed by atoms with van der Waals surface area (Å²) < 4.78 is 0. The Morgan fingerprint density at radius 2 is 1.35 bits per heavy atom. The Bertz CT molecular complexity index is 1780. The topological polar surface area (TPSA) is 322 Å². The molecule has 21 heteroatoms. The van der Waals surface area contributed by atoms with Gasteiger partial charge in [-0.15, -0.1) is 0 Å². The third kappa shape index (κ3) is 17.9. The Labute approximate surface area is 382 Å². The van der Waals surface area contributed by atoms with E-state index in [1.165, 1.54) is 18.7 Å². The molecule has 1 aliphatic heterocycles. The average Bonchev–Trinajstić information content (AvgIpc) is 3.76.